The summed E-state index contributed by atoms with van der Waals surface area (Å²) in [7, 11) is 2.62. The molecule has 0 amide bonds. The normalized spacial score (nSPS) is 44.2. The van der Waals surface area contributed by atoms with Gasteiger partial charge in [-0.2, -0.15) is 0 Å². The molecule has 37 heavy (non-hydrogen) atoms. The van der Waals surface area contributed by atoms with Crippen LogP contribution in [-0.2, 0) is 9.05 Å². The Morgan fingerprint density at radius 3 is 1.24 bits per heavy atom. The van der Waals surface area contributed by atoms with Gasteiger partial charge in [0, 0.05) is 10.7 Å². The van der Waals surface area contributed by atoms with E-state index in [-0.39, 0.29) is 10.8 Å². The third-order valence-electron chi connectivity index (χ3n) is 14.2. The molecule has 4 heteroatoms. The average Bonchev–Trinajstić information content (AvgIpc) is 3.59. The highest BCUT2D eigenvalue weighted by Crippen LogP contribution is 2.68. The first-order chi connectivity index (χ1) is 17.2. The predicted octanol–water partition coefficient (Wildman–Crippen LogP) is 9.23. The highest BCUT2D eigenvalue weighted by Gasteiger charge is 2.58. The standard InChI is InChI=1S/C33H47ClO2S/c1-31(2)19-7-10-27(31)22(15-19)18-13-25(23-16-20-8-11-28(23)32(20,3)4)30(37(34,35)36)26(14-18)24-17-21-9-12-29(24)33(21,5)6/h13-14,19-24,27-29H,7-12,15-17H2,1-6H3. The molecule has 0 heterocycles. The van der Waals surface area contributed by atoms with Crippen LogP contribution in [0.1, 0.15) is 134 Å². The van der Waals surface area contributed by atoms with Crippen molar-refractivity contribution in [1.82, 2.24) is 0 Å². The minimum absolute atomic E-state index is 0.289. The lowest BCUT2D eigenvalue weighted by molar-refractivity contribution is 0.250. The number of rotatable bonds is 4. The molecule has 6 aliphatic carbocycles. The molecule has 2 nitrogen and oxygen atoms in total. The molecule has 6 aliphatic rings. The van der Waals surface area contributed by atoms with E-state index in [9.17, 15) is 8.42 Å². The third kappa shape index (κ3) is 3.37. The largest absolute Gasteiger partial charge is 0.261 e. The van der Waals surface area contributed by atoms with Crippen LogP contribution in [0.15, 0.2) is 17.0 Å². The van der Waals surface area contributed by atoms with Gasteiger partial charge < -0.3 is 0 Å². The van der Waals surface area contributed by atoms with Crippen LogP contribution in [0.4, 0.5) is 0 Å². The van der Waals surface area contributed by atoms with Crippen LogP contribution >= 0.6 is 10.7 Å². The summed E-state index contributed by atoms with van der Waals surface area (Å²) in [5, 5.41) is 0. The molecule has 0 radical (unpaired) electrons. The fraction of sp³-hybridized carbons (Fsp3) is 0.818. The van der Waals surface area contributed by atoms with Gasteiger partial charge in [-0.1, -0.05) is 53.7 Å². The van der Waals surface area contributed by atoms with Crippen molar-refractivity contribution in [2.24, 2.45) is 51.8 Å². The average molecular weight is 543 g/mol. The maximum atomic E-state index is 13.6. The maximum absolute atomic E-state index is 13.6. The monoisotopic (exact) mass is 542 g/mol. The molecule has 1 aromatic rings. The number of halogens is 1. The first kappa shape index (κ1) is 25.4. The summed E-state index contributed by atoms with van der Waals surface area (Å²) in [6.07, 6.45) is 11.3. The zero-order valence-electron chi connectivity index (χ0n) is 23.8. The fourth-order valence-electron chi connectivity index (χ4n) is 11.9. The molecule has 204 valence electrons. The van der Waals surface area contributed by atoms with E-state index in [4.69, 9.17) is 10.7 Å². The summed E-state index contributed by atoms with van der Waals surface area (Å²) < 4.78 is 27.1. The molecule has 0 aliphatic heterocycles. The molecule has 0 aromatic heterocycles. The van der Waals surface area contributed by atoms with E-state index in [1.807, 2.05) is 0 Å². The van der Waals surface area contributed by atoms with Gasteiger partial charge in [-0.05, 0) is 144 Å². The topological polar surface area (TPSA) is 34.1 Å². The minimum Gasteiger partial charge on any atom is -0.207 e. The van der Waals surface area contributed by atoms with Gasteiger partial charge in [0.05, 0.1) is 4.90 Å². The summed E-state index contributed by atoms with van der Waals surface area (Å²) >= 11 is 0. The van der Waals surface area contributed by atoms with E-state index in [2.05, 4.69) is 53.7 Å². The van der Waals surface area contributed by atoms with Crippen LogP contribution in [0, 0.1) is 51.8 Å². The van der Waals surface area contributed by atoms with E-state index in [0.717, 1.165) is 29.9 Å². The zero-order chi connectivity index (χ0) is 26.3. The van der Waals surface area contributed by atoms with Crippen LogP contribution < -0.4 is 0 Å². The fourth-order valence-corrected chi connectivity index (χ4v) is 13.4. The van der Waals surface area contributed by atoms with Crippen molar-refractivity contribution < 1.29 is 8.42 Å². The minimum atomic E-state index is -3.85. The lowest BCUT2D eigenvalue weighted by atomic mass is 9.72. The number of benzene rings is 1. The second kappa shape index (κ2) is 7.80. The summed E-state index contributed by atoms with van der Waals surface area (Å²) in [6.45, 7) is 14.7. The van der Waals surface area contributed by atoms with Gasteiger partial charge in [-0.25, -0.2) is 8.42 Å². The molecular weight excluding hydrogens is 496 g/mol. The Balaban J connectivity index is 1.42. The van der Waals surface area contributed by atoms with Crippen LogP contribution in [0.5, 0.6) is 0 Å². The Kier molecular flexibility index (Phi) is 5.36. The Labute approximate surface area is 230 Å². The molecule has 0 N–H and O–H groups in total. The van der Waals surface area contributed by atoms with Gasteiger partial charge in [0.15, 0.2) is 0 Å². The van der Waals surface area contributed by atoms with Crippen molar-refractivity contribution >= 4 is 19.7 Å². The van der Waals surface area contributed by atoms with Crippen molar-refractivity contribution in [3.8, 4) is 0 Å². The summed E-state index contributed by atoms with van der Waals surface area (Å²) in [5.41, 5.74) is 4.65. The molecule has 6 fully saturated rings. The Hall–Kier alpha value is -0.540. The summed E-state index contributed by atoms with van der Waals surface area (Å²) in [5.74, 6) is 5.25. The lowest BCUT2D eigenvalue weighted by Crippen LogP contribution is -2.23. The lowest BCUT2D eigenvalue weighted by Gasteiger charge is -2.34. The van der Waals surface area contributed by atoms with Gasteiger partial charge in [-0.3, -0.25) is 0 Å². The van der Waals surface area contributed by atoms with Crippen molar-refractivity contribution in [3.05, 3.63) is 28.8 Å². The molecule has 1 aromatic carbocycles. The molecular formula is C33H47ClO2S. The van der Waals surface area contributed by atoms with Gasteiger partial charge >= 0.3 is 0 Å². The molecule has 6 bridgehead atoms. The van der Waals surface area contributed by atoms with E-state index >= 15 is 0 Å². The molecule has 9 unspecified atom stereocenters. The van der Waals surface area contributed by atoms with E-state index in [0.29, 0.717) is 57.7 Å². The van der Waals surface area contributed by atoms with Crippen molar-refractivity contribution in [2.75, 3.05) is 0 Å². The van der Waals surface area contributed by atoms with Gasteiger partial charge in [0.2, 0.25) is 0 Å². The van der Waals surface area contributed by atoms with E-state index < -0.39 is 9.05 Å². The number of hydrogen-bond acceptors (Lipinski definition) is 2. The van der Waals surface area contributed by atoms with Gasteiger partial charge in [0.1, 0.15) is 0 Å². The molecule has 0 saturated heterocycles. The van der Waals surface area contributed by atoms with Crippen LogP contribution in [0.25, 0.3) is 0 Å². The molecule has 9 atom stereocenters. The Bertz CT molecular complexity index is 1180. The van der Waals surface area contributed by atoms with E-state index in [1.54, 1.807) is 0 Å². The molecule has 0 spiro atoms. The Morgan fingerprint density at radius 2 is 0.973 bits per heavy atom. The maximum Gasteiger partial charge on any atom is 0.261 e. The summed E-state index contributed by atoms with van der Waals surface area (Å²) in [4.78, 5) is 0.544. The highest BCUT2D eigenvalue weighted by molar-refractivity contribution is 8.13. The highest BCUT2D eigenvalue weighted by atomic mass is 35.7. The quantitative estimate of drug-likeness (QED) is 0.355. The predicted molar refractivity (Wildman–Crippen MR) is 152 cm³/mol. The number of fused-ring (bicyclic) bond motifs is 6. The SMILES string of the molecule is CC1(C)C2CCC1C(c1cc(C3CC4CCC3C4(C)C)c(S(=O)(=O)Cl)c(C3CC4CCC3C4(C)C)c1)C2. The summed E-state index contributed by atoms with van der Waals surface area (Å²) in [6, 6.07) is 4.78. The Morgan fingerprint density at radius 1 is 0.622 bits per heavy atom. The number of hydrogen-bond donors (Lipinski definition) is 0. The van der Waals surface area contributed by atoms with Crippen LogP contribution in [0.3, 0.4) is 0 Å². The third-order valence-corrected chi connectivity index (χ3v) is 15.6. The second-order valence-corrected chi connectivity index (χ2v) is 18.6. The first-order valence-corrected chi connectivity index (χ1v) is 17.7. The zero-order valence-corrected chi connectivity index (χ0v) is 25.4. The smallest absolute Gasteiger partial charge is 0.207 e. The van der Waals surface area contributed by atoms with Crippen LogP contribution in [0.2, 0.25) is 0 Å². The van der Waals surface area contributed by atoms with Gasteiger partial charge in [0.25, 0.3) is 9.05 Å². The van der Waals surface area contributed by atoms with E-state index in [1.165, 1.54) is 50.5 Å². The van der Waals surface area contributed by atoms with Crippen molar-refractivity contribution in [3.63, 3.8) is 0 Å². The molecule has 6 saturated carbocycles. The van der Waals surface area contributed by atoms with Crippen molar-refractivity contribution in [2.45, 2.75) is 122 Å². The van der Waals surface area contributed by atoms with Gasteiger partial charge in [-0.15, -0.1) is 0 Å². The molecule has 7 rings (SSSR count). The van der Waals surface area contributed by atoms with Crippen LogP contribution in [-0.4, -0.2) is 8.42 Å². The second-order valence-electron chi connectivity index (χ2n) is 16.1. The van der Waals surface area contributed by atoms with Crippen molar-refractivity contribution in [1.29, 1.82) is 0 Å². The first-order valence-electron chi connectivity index (χ1n) is 15.3.